The second-order valence-corrected chi connectivity index (χ2v) is 5.74. The molecule has 0 unspecified atom stereocenters. The van der Waals surface area contributed by atoms with E-state index in [0.717, 1.165) is 6.54 Å². The summed E-state index contributed by atoms with van der Waals surface area (Å²) in [5.41, 5.74) is 3.23. The number of nitrogens with one attached hydrogen (secondary N) is 1. The summed E-state index contributed by atoms with van der Waals surface area (Å²) in [4.78, 5) is 0. The van der Waals surface area contributed by atoms with Gasteiger partial charge in [-0.3, -0.25) is 0 Å². The predicted octanol–water partition coefficient (Wildman–Crippen LogP) is 4.71. The molecule has 0 bridgehead atoms. The Labute approximate surface area is 107 Å². The van der Waals surface area contributed by atoms with Crippen molar-refractivity contribution in [1.82, 2.24) is 0 Å². The molecule has 0 saturated carbocycles. The molecule has 1 aliphatic heterocycles. The van der Waals surface area contributed by atoms with Gasteiger partial charge in [0, 0.05) is 22.1 Å². The van der Waals surface area contributed by atoms with Gasteiger partial charge in [0.05, 0.1) is 0 Å². The highest BCUT2D eigenvalue weighted by Crippen LogP contribution is 2.44. The number of halogens is 1. The first-order valence-electron chi connectivity index (χ1n) is 6.26. The van der Waals surface area contributed by atoms with Gasteiger partial charge in [0.25, 0.3) is 0 Å². The van der Waals surface area contributed by atoms with Crippen LogP contribution in [0.2, 0.25) is 0 Å². The number of rotatable bonds is 4. The Morgan fingerprint density at radius 3 is 2.56 bits per heavy atom. The highest BCUT2D eigenvalue weighted by molar-refractivity contribution is 9.10. The van der Waals surface area contributed by atoms with Crippen LogP contribution in [0, 0.1) is 0 Å². The van der Waals surface area contributed by atoms with E-state index in [-0.39, 0.29) is 0 Å². The first kappa shape index (κ1) is 12.0. The van der Waals surface area contributed by atoms with E-state index >= 15 is 0 Å². The molecule has 2 heteroatoms. The van der Waals surface area contributed by atoms with Crippen LogP contribution >= 0.6 is 15.9 Å². The van der Waals surface area contributed by atoms with Crippen molar-refractivity contribution in [3.8, 4) is 0 Å². The fraction of sp³-hybridized carbons (Fsp3) is 0.571. The Hall–Kier alpha value is -0.500. The summed E-state index contributed by atoms with van der Waals surface area (Å²) in [5, 5.41) is 3.57. The molecule has 88 valence electrons. The van der Waals surface area contributed by atoms with Gasteiger partial charge in [-0.25, -0.2) is 0 Å². The third-order valence-corrected chi connectivity index (χ3v) is 4.12. The number of hydrogen-bond acceptors (Lipinski definition) is 1. The van der Waals surface area contributed by atoms with Crippen molar-refractivity contribution in [2.75, 3.05) is 11.9 Å². The van der Waals surface area contributed by atoms with Crippen LogP contribution in [0.1, 0.15) is 45.1 Å². The maximum atomic E-state index is 3.59. The van der Waals surface area contributed by atoms with Crippen molar-refractivity contribution in [2.24, 2.45) is 0 Å². The van der Waals surface area contributed by atoms with E-state index in [0.29, 0.717) is 5.41 Å². The molecule has 0 spiro atoms. The molecule has 0 aliphatic carbocycles. The molecule has 1 aromatic rings. The zero-order chi connectivity index (χ0) is 11.6. The van der Waals surface area contributed by atoms with Gasteiger partial charge in [-0.15, -0.1) is 0 Å². The fourth-order valence-electron chi connectivity index (χ4n) is 3.00. The minimum atomic E-state index is 0.378. The van der Waals surface area contributed by atoms with Gasteiger partial charge in [-0.05, 0) is 36.6 Å². The molecule has 0 radical (unpaired) electrons. The van der Waals surface area contributed by atoms with E-state index in [9.17, 15) is 0 Å². The molecule has 1 aromatic carbocycles. The van der Waals surface area contributed by atoms with Gasteiger partial charge in [0.1, 0.15) is 0 Å². The molecule has 0 fully saturated rings. The largest absolute Gasteiger partial charge is 0.384 e. The number of benzene rings is 1. The SMILES string of the molecule is CCCC1(CCC)CNc2ccc(Br)cc21. The van der Waals surface area contributed by atoms with Gasteiger partial charge in [0.2, 0.25) is 0 Å². The lowest BCUT2D eigenvalue weighted by Crippen LogP contribution is -2.28. The van der Waals surface area contributed by atoms with Crippen LogP contribution in [0.15, 0.2) is 22.7 Å². The van der Waals surface area contributed by atoms with Crippen LogP contribution < -0.4 is 5.32 Å². The minimum absolute atomic E-state index is 0.378. The normalized spacial score (nSPS) is 16.9. The second kappa shape index (κ2) is 4.79. The Balaban J connectivity index is 2.40. The molecule has 0 saturated heterocycles. The molecular weight excluding hydrogens is 262 g/mol. The van der Waals surface area contributed by atoms with E-state index in [1.807, 2.05) is 0 Å². The zero-order valence-corrected chi connectivity index (χ0v) is 11.7. The first-order valence-corrected chi connectivity index (χ1v) is 7.05. The summed E-state index contributed by atoms with van der Waals surface area (Å²) in [6.45, 7) is 5.68. The summed E-state index contributed by atoms with van der Waals surface area (Å²) in [5.74, 6) is 0. The average molecular weight is 282 g/mol. The lowest BCUT2D eigenvalue weighted by molar-refractivity contribution is 0.391. The monoisotopic (exact) mass is 281 g/mol. The summed E-state index contributed by atoms with van der Waals surface area (Å²) >= 11 is 3.59. The third kappa shape index (κ3) is 2.00. The molecule has 1 heterocycles. The van der Waals surface area contributed by atoms with Gasteiger partial charge in [0.15, 0.2) is 0 Å². The topological polar surface area (TPSA) is 12.0 Å². The van der Waals surface area contributed by atoms with Crippen LogP contribution in [0.5, 0.6) is 0 Å². The quantitative estimate of drug-likeness (QED) is 0.843. The van der Waals surface area contributed by atoms with Crippen molar-refractivity contribution >= 4 is 21.6 Å². The molecule has 0 amide bonds. The molecule has 1 nitrogen and oxygen atoms in total. The number of anilines is 1. The Morgan fingerprint density at radius 2 is 1.94 bits per heavy atom. The summed E-state index contributed by atoms with van der Waals surface area (Å²) < 4.78 is 1.20. The lowest BCUT2D eigenvalue weighted by atomic mass is 9.75. The fourth-order valence-corrected chi connectivity index (χ4v) is 3.36. The van der Waals surface area contributed by atoms with E-state index < -0.39 is 0 Å². The van der Waals surface area contributed by atoms with Gasteiger partial charge in [-0.1, -0.05) is 42.6 Å². The summed E-state index contributed by atoms with van der Waals surface area (Å²) in [6, 6.07) is 6.63. The van der Waals surface area contributed by atoms with Gasteiger partial charge < -0.3 is 5.32 Å². The van der Waals surface area contributed by atoms with E-state index in [4.69, 9.17) is 0 Å². The number of fused-ring (bicyclic) bond motifs is 1. The lowest BCUT2D eigenvalue weighted by Gasteiger charge is -2.28. The number of hydrogen-bond donors (Lipinski definition) is 1. The van der Waals surface area contributed by atoms with Crippen molar-refractivity contribution in [3.05, 3.63) is 28.2 Å². The molecule has 0 atom stereocenters. The summed E-state index contributed by atoms with van der Waals surface area (Å²) in [6.07, 6.45) is 5.09. The maximum absolute atomic E-state index is 3.59. The van der Waals surface area contributed by atoms with Crippen LogP contribution in [0.3, 0.4) is 0 Å². The van der Waals surface area contributed by atoms with E-state index in [1.54, 1.807) is 0 Å². The summed E-state index contributed by atoms with van der Waals surface area (Å²) in [7, 11) is 0. The van der Waals surface area contributed by atoms with E-state index in [1.165, 1.54) is 41.4 Å². The molecule has 1 aliphatic rings. The molecule has 16 heavy (non-hydrogen) atoms. The molecule has 0 aromatic heterocycles. The van der Waals surface area contributed by atoms with Crippen molar-refractivity contribution in [3.63, 3.8) is 0 Å². The van der Waals surface area contributed by atoms with Crippen molar-refractivity contribution in [1.29, 1.82) is 0 Å². The highest BCUT2D eigenvalue weighted by atomic mass is 79.9. The zero-order valence-electron chi connectivity index (χ0n) is 10.1. The molecular formula is C14H20BrN. The maximum Gasteiger partial charge on any atom is 0.0380 e. The van der Waals surface area contributed by atoms with Crippen LogP contribution in [-0.2, 0) is 5.41 Å². The smallest absolute Gasteiger partial charge is 0.0380 e. The van der Waals surface area contributed by atoms with Gasteiger partial charge >= 0.3 is 0 Å². The highest BCUT2D eigenvalue weighted by Gasteiger charge is 2.37. The first-order chi connectivity index (χ1) is 7.72. The third-order valence-electron chi connectivity index (χ3n) is 3.63. The minimum Gasteiger partial charge on any atom is -0.384 e. The Bertz CT molecular complexity index is 361. The van der Waals surface area contributed by atoms with Crippen LogP contribution in [-0.4, -0.2) is 6.54 Å². The average Bonchev–Trinajstić information content (AvgIpc) is 2.59. The Kier molecular flexibility index (Phi) is 3.58. The Morgan fingerprint density at radius 1 is 1.25 bits per heavy atom. The molecule has 1 N–H and O–H groups in total. The predicted molar refractivity (Wildman–Crippen MR) is 74.1 cm³/mol. The second-order valence-electron chi connectivity index (χ2n) is 4.82. The van der Waals surface area contributed by atoms with Crippen LogP contribution in [0.25, 0.3) is 0 Å². The van der Waals surface area contributed by atoms with Crippen LogP contribution in [0.4, 0.5) is 5.69 Å². The molecule has 2 rings (SSSR count). The van der Waals surface area contributed by atoms with Crippen molar-refractivity contribution in [2.45, 2.75) is 44.9 Å². The standard InChI is InChI=1S/C14H20BrN/c1-3-7-14(8-4-2)10-16-13-6-5-11(15)9-12(13)14/h5-6,9,16H,3-4,7-8,10H2,1-2H3. The van der Waals surface area contributed by atoms with E-state index in [2.05, 4.69) is 53.3 Å². The van der Waals surface area contributed by atoms with Gasteiger partial charge in [-0.2, -0.15) is 0 Å². The van der Waals surface area contributed by atoms with Crippen molar-refractivity contribution < 1.29 is 0 Å².